The van der Waals surface area contributed by atoms with Gasteiger partial charge in [0.1, 0.15) is 0 Å². The van der Waals surface area contributed by atoms with Crippen LogP contribution in [0, 0.1) is 0 Å². The molecule has 0 radical (unpaired) electrons. The lowest BCUT2D eigenvalue weighted by molar-refractivity contribution is -0.114. The van der Waals surface area contributed by atoms with Crippen LogP contribution in [-0.4, -0.2) is 23.9 Å². The fourth-order valence-electron chi connectivity index (χ4n) is 1.20. The molecule has 2 N–H and O–H groups in total. The molecule has 0 aliphatic carbocycles. The average Bonchev–Trinajstić information content (AvgIpc) is 2.05. The van der Waals surface area contributed by atoms with Gasteiger partial charge in [-0.15, -0.1) is 0 Å². The summed E-state index contributed by atoms with van der Waals surface area (Å²) in [5, 5.41) is 0. The number of carbonyl (C=O) groups is 1. The van der Waals surface area contributed by atoms with Crippen LogP contribution in [0.1, 0.15) is 13.3 Å². The van der Waals surface area contributed by atoms with Gasteiger partial charge in [-0.05, 0) is 6.42 Å². The summed E-state index contributed by atoms with van der Waals surface area (Å²) in [6, 6.07) is 0. The fourth-order valence-corrected chi connectivity index (χ4v) is 1.20. The molecule has 1 aliphatic rings. The van der Waals surface area contributed by atoms with Crippen LogP contribution in [0.25, 0.3) is 0 Å². The van der Waals surface area contributed by atoms with E-state index in [2.05, 4.69) is 11.8 Å². The minimum Gasteiger partial charge on any atom is -0.373 e. The van der Waals surface area contributed by atoms with Crippen molar-refractivity contribution in [2.24, 2.45) is 5.73 Å². The van der Waals surface area contributed by atoms with Crippen LogP contribution in [0.4, 0.5) is 0 Å². The van der Waals surface area contributed by atoms with Crippen molar-refractivity contribution < 1.29 is 4.79 Å². The molecule has 0 saturated carbocycles. The summed E-state index contributed by atoms with van der Waals surface area (Å²) in [7, 11) is 0. The van der Waals surface area contributed by atoms with Crippen molar-refractivity contribution in [3.63, 3.8) is 0 Å². The Morgan fingerprint density at radius 3 is 3.08 bits per heavy atom. The van der Waals surface area contributed by atoms with Crippen LogP contribution >= 0.6 is 0 Å². The quantitative estimate of drug-likeness (QED) is 0.668. The van der Waals surface area contributed by atoms with Gasteiger partial charge in [-0.3, -0.25) is 4.79 Å². The number of rotatable bonds is 3. The second-order valence-corrected chi connectivity index (χ2v) is 2.85. The van der Waals surface area contributed by atoms with Gasteiger partial charge in [0, 0.05) is 19.3 Å². The first kappa shape index (κ1) is 8.84. The minimum absolute atomic E-state index is 0.355. The maximum absolute atomic E-state index is 10.8. The third kappa shape index (κ3) is 2.12. The zero-order valence-corrected chi connectivity index (χ0v) is 7.29. The Kier molecular flexibility index (Phi) is 2.91. The van der Waals surface area contributed by atoms with Crippen LogP contribution in [0.15, 0.2) is 23.9 Å². The molecule has 0 unspecified atom stereocenters. The van der Waals surface area contributed by atoms with Crippen molar-refractivity contribution in [1.82, 2.24) is 4.90 Å². The molecule has 66 valence electrons. The van der Waals surface area contributed by atoms with Crippen molar-refractivity contribution in [3.05, 3.63) is 23.9 Å². The van der Waals surface area contributed by atoms with Crippen LogP contribution in [-0.2, 0) is 4.79 Å². The number of amides is 1. The summed E-state index contributed by atoms with van der Waals surface area (Å²) in [5.74, 6) is -0.355. The number of hydrogen-bond donors (Lipinski definition) is 1. The van der Waals surface area contributed by atoms with E-state index in [1.54, 1.807) is 6.08 Å². The van der Waals surface area contributed by atoms with Crippen molar-refractivity contribution in [3.8, 4) is 0 Å². The van der Waals surface area contributed by atoms with Gasteiger partial charge in [0.2, 0.25) is 5.91 Å². The first-order chi connectivity index (χ1) is 5.74. The van der Waals surface area contributed by atoms with Gasteiger partial charge in [0.05, 0.1) is 5.57 Å². The molecule has 0 bridgehead atoms. The second-order valence-electron chi connectivity index (χ2n) is 2.85. The van der Waals surface area contributed by atoms with Crippen molar-refractivity contribution in [1.29, 1.82) is 0 Å². The third-order valence-electron chi connectivity index (χ3n) is 1.75. The number of carbonyl (C=O) groups excluding carboxylic acids is 1. The predicted octanol–water partition coefficient (Wildman–Crippen LogP) is 0.637. The molecule has 1 rings (SSSR count). The van der Waals surface area contributed by atoms with Crippen LogP contribution < -0.4 is 5.73 Å². The number of primary amides is 1. The maximum atomic E-state index is 10.8. The molecule has 12 heavy (non-hydrogen) atoms. The topological polar surface area (TPSA) is 46.3 Å². The van der Waals surface area contributed by atoms with Gasteiger partial charge in [-0.2, -0.15) is 0 Å². The summed E-state index contributed by atoms with van der Waals surface area (Å²) in [6.07, 6.45) is 6.63. The van der Waals surface area contributed by atoms with Crippen molar-refractivity contribution in [2.45, 2.75) is 13.3 Å². The third-order valence-corrected chi connectivity index (χ3v) is 1.75. The highest BCUT2D eigenvalue weighted by Gasteiger charge is 2.07. The summed E-state index contributed by atoms with van der Waals surface area (Å²) in [6.45, 7) is 3.96. The molecule has 0 spiro atoms. The van der Waals surface area contributed by atoms with E-state index in [4.69, 9.17) is 5.73 Å². The first-order valence-corrected chi connectivity index (χ1v) is 4.16. The number of nitrogens with zero attached hydrogens (tertiary/aromatic N) is 1. The highest BCUT2D eigenvalue weighted by Crippen LogP contribution is 2.06. The Hall–Kier alpha value is -1.25. The first-order valence-electron chi connectivity index (χ1n) is 4.16. The van der Waals surface area contributed by atoms with E-state index in [9.17, 15) is 4.79 Å². The van der Waals surface area contributed by atoms with Gasteiger partial charge in [-0.1, -0.05) is 19.1 Å². The van der Waals surface area contributed by atoms with Crippen LogP contribution in [0.3, 0.4) is 0 Å². The van der Waals surface area contributed by atoms with Crippen LogP contribution in [0.2, 0.25) is 0 Å². The van der Waals surface area contributed by atoms with Gasteiger partial charge >= 0.3 is 0 Å². The molecule has 3 nitrogen and oxygen atoms in total. The zero-order valence-electron chi connectivity index (χ0n) is 7.29. The van der Waals surface area contributed by atoms with E-state index in [1.165, 1.54) is 0 Å². The molecule has 3 heteroatoms. The van der Waals surface area contributed by atoms with Gasteiger partial charge in [0.15, 0.2) is 0 Å². The summed E-state index contributed by atoms with van der Waals surface area (Å²) in [4.78, 5) is 12.9. The van der Waals surface area contributed by atoms with E-state index in [0.29, 0.717) is 5.57 Å². The SMILES string of the molecule is CCCN1C=C(C(N)=O)C=CC1. The largest absolute Gasteiger partial charge is 0.373 e. The molecular weight excluding hydrogens is 152 g/mol. The summed E-state index contributed by atoms with van der Waals surface area (Å²) < 4.78 is 0. The van der Waals surface area contributed by atoms with E-state index in [-0.39, 0.29) is 5.91 Å². The highest BCUT2D eigenvalue weighted by molar-refractivity contribution is 5.94. The van der Waals surface area contributed by atoms with Gasteiger partial charge < -0.3 is 10.6 Å². The van der Waals surface area contributed by atoms with Crippen molar-refractivity contribution >= 4 is 5.91 Å². The lowest BCUT2D eigenvalue weighted by Crippen LogP contribution is -2.24. The normalized spacial score (nSPS) is 16.1. The molecular formula is C9H14N2O. The monoisotopic (exact) mass is 166 g/mol. The average molecular weight is 166 g/mol. The summed E-state index contributed by atoms with van der Waals surface area (Å²) >= 11 is 0. The number of nitrogens with two attached hydrogens (primary N) is 1. The second kappa shape index (κ2) is 3.95. The van der Waals surface area contributed by atoms with Crippen LogP contribution in [0.5, 0.6) is 0 Å². The molecule has 1 aliphatic heterocycles. The Balaban J connectivity index is 2.62. The zero-order chi connectivity index (χ0) is 8.97. The summed E-state index contributed by atoms with van der Waals surface area (Å²) in [5.41, 5.74) is 5.73. The van der Waals surface area contributed by atoms with E-state index in [1.807, 2.05) is 12.3 Å². The smallest absolute Gasteiger partial charge is 0.250 e. The predicted molar refractivity (Wildman–Crippen MR) is 48.3 cm³/mol. The molecule has 1 heterocycles. The Bertz CT molecular complexity index is 231. The molecule has 0 fully saturated rings. The van der Waals surface area contributed by atoms with E-state index in [0.717, 1.165) is 19.5 Å². The fraction of sp³-hybridized carbons (Fsp3) is 0.444. The molecule has 0 saturated heterocycles. The Labute approximate surface area is 72.5 Å². The Morgan fingerprint density at radius 2 is 2.50 bits per heavy atom. The molecule has 0 aromatic heterocycles. The van der Waals surface area contributed by atoms with E-state index >= 15 is 0 Å². The Morgan fingerprint density at radius 1 is 1.75 bits per heavy atom. The van der Waals surface area contributed by atoms with E-state index < -0.39 is 0 Å². The molecule has 1 amide bonds. The molecule has 0 aromatic rings. The number of hydrogen-bond acceptors (Lipinski definition) is 2. The lowest BCUT2D eigenvalue weighted by Gasteiger charge is -2.21. The van der Waals surface area contributed by atoms with Gasteiger partial charge in [0.25, 0.3) is 0 Å². The van der Waals surface area contributed by atoms with Gasteiger partial charge in [-0.25, -0.2) is 0 Å². The maximum Gasteiger partial charge on any atom is 0.250 e. The van der Waals surface area contributed by atoms with Crippen molar-refractivity contribution in [2.75, 3.05) is 13.1 Å². The highest BCUT2D eigenvalue weighted by atomic mass is 16.1. The lowest BCUT2D eigenvalue weighted by atomic mass is 10.2. The molecule has 0 aromatic carbocycles. The molecule has 0 atom stereocenters. The minimum atomic E-state index is -0.355. The standard InChI is InChI=1S/C9H14N2O/c1-2-5-11-6-3-4-8(7-11)9(10)12/h3-4,7H,2,5-6H2,1H3,(H2,10,12).